The molecule has 1 aliphatic heterocycles. The molecule has 2 aromatic rings. The van der Waals surface area contributed by atoms with Crippen molar-refractivity contribution in [2.24, 2.45) is 0 Å². The van der Waals surface area contributed by atoms with Gasteiger partial charge in [0, 0.05) is 18.9 Å². The number of aromatic nitrogens is 5. The van der Waals surface area contributed by atoms with Crippen LogP contribution in [0.1, 0.15) is 25.8 Å². The molecule has 1 aliphatic rings. The molecule has 1 fully saturated rings. The van der Waals surface area contributed by atoms with Gasteiger partial charge >= 0.3 is 0 Å². The largest absolute Gasteiger partial charge is 0.336 e. The Kier molecular flexibility index (Phi) is 3.49. The lowest BCUT2D eigenvalue weighted by Crippen LogP contribution is -2.41. The number of hydrogen-bond donors (Lipinski definition) is 0. The number of carbonyl (C=O) groups excluding carboxylic acids is 1. The summed E-state index contributed by atoms with van der Waals surface area (Å²) >= 11 is 0. The summed E-state index contributed by atoms with van der Waals surface area (Å²) in [6.07, 6.45) is 8.80. The van der Waals surface area contributed by atoms with Gasteiger partial charge in [-0.05, 0) is 25.8 Å². The molecule has 0 spiro atoms. The fourth-order valence-corrected chi connectivity index (χ4v) is 2.71. The second kappa shape index (κ2) is 5.44. The summed E-state index contributed by atoms with van der Waals surface area (Å²) in [5, 5.41) is 8.27. The molecule has 1 saturated heterocycles. The Bertz CT molecular complexity index is 549. The third-order valence-electron chi connectivity index (χ3n) is 3.81. The predicted octanol–water partition coefficient (Wildman–Crippen LogP) is 0.727. The van der Waals surface area contributed by atoms with E-state index in [-0.39, 0.29) is 18.0 Å². The zero-order valence-electron chi connectivity index (χ0n) is 11.5. The first-order chi connectivity index (χ1) is 9.75. The van der Waals surface area contributed by atoms with E-state index in [1.165, 1.54) is 6.33 Å². The lowest BCUT2D eigenvalue weighted by molar-refractivity contribution is -0.135. The minimum absolute atomic E-state index is 0.102. The molecule has 0 bridgehead atoms. The molecular formula is C13H18N6O. The van der Waals surface area contributed by atoms with E-state index in [9.17, 15) is 4.79 Å². The predicted molar refractivity (Wildman–Crippen MR) is 71.7 cm³/mol. The van der Waals surface area contributed by atoms with Crippen molar-refractivity contribution >= 4 is 5.91 Å². The number of rotatable bonds is 4. The van der Waals surface area contributed by atoms with Gasteiger partial charge in [-0.1, -0.05) is 0 Å². The van der Waals surface area contributed by atoms with Crippen molar-refractivity contribution in [3.8, 4) is 0 Å². The van der Waals surface area contributed by atoms with Gasteiger partial charge in [0.15, 0.2) is 0 Å². The van der Waals surface area contributed by atoms with Crippen LogP contribution in [-0.2, 0) is 11.3 Å². The summed E-state index contributed by atoms with van der Waals surface area (Å²) in [6, 6.07) is 1.81. The van der Waals surface area contributed by atoms with Crippen LogP contribution in [0.15, 0.2) is 31.1 Å². The Morgan fingerprint density at radius 2 is 2.35 bits per heavy atom. The lowest BCUT2D eigenvalue weighted by atomic mass is 10.2. The zero-order valence-corrected chi connectivity index (χ0v) is 11.5. The molecule has 106 valence electrons. The minimum Gasteiger partial charge on any atom is -0.336 e. The van der Waals surface area contributed by atoms with Gasteiger partial charge in [-0.2, -0.15) is 10.2 Å². The third kappa shape index (κ3) is 2.43. The van der Waals surface area contributed by atoms with Crippen LogP contribution in [0, 0.1) is 0 Å². The molecule has 0 unspecified atom stereocenters. The molecule has 0 aliphatic carbocycles. The van der Waals surface area contributed by atoms with Crippen LogP contribution in [-0.4, -0.2) is 47.9 Å². The first-order valence-corrected chi connectivity index (χ1v) is 6.87. The Balaban J connectivity index is 1.70. The summed E-state index contributed by atoms with van der Waals surface area (Å²) in [5.74, 6) is 0.102. The minimum atomic E-state index is -0.310. The van der Waals surface area contributed by atoms with Gasteiger partial charge < -0.3 is 4.90 Å². The number of likely N-dealkylation sites (tertiary alicyclic amines) is 1. The molecule has 0 saturated carbocycles. The van der Waals surface area contributed by atoms with Gasteiger partial charge in [0.05, 0.1) is 12.6 Å². The van der Waals surface area contributed by atoms with Gasteiger partial charge in [0.25, 0.3) is 0 Å². The fraction of sp³-hybridized carbons (Fsp3) is 0.538. The van der Waals surface area contributed by atoms with E-state index in [1.807, 2.05) is 28.8 Å². The molecule has 0 N–H and O–H groups in total. The van der Waals surface area contributed by atoms with Crippen LogP contribution in [0.25, 0.3) is 0 Å². The lowest BCUT2D eigenvalue weighted by Gasteiger charge is -2.27. The SMILES string of the molecule is C[C@@H](C(=O)N1CCC[C@H]1Cn1cccn1)n1cncn1. The molecule has 1 amide bonds. The average Bonchev–Trinajstić information content (AvgIpc) is 3.20. The Hall–Kier alpha value is -2.18. The number of amides is 1. The number of nitrogens with zero attached hydrogens (tertiary/aromatic N) is 6. The van der Waals surface area contributed by atoms with Crippen LogP contribution in [0.4, 0.5) is 0 Å². The molecule has 20 heavy (non-hydrogen) atoms. The molecule has 7 heteroatoms. The van der Waals surface area contributed by atoms with E-state index >= 15 is 0 Å². The van der Waals surface area contributed by atoms with E-state index < -0.39 is 0 Å². The number of carbonyl (C=O) groups is 1. The van der Waals surface area contributed by atoms with Crippen molar-refractivity contribution in [1.29, 1.82) is 0 Å². The highest BCUT2D eigenvalue weighted by atomic mass is 16.2. The highest BCUT2D eigenvalue weighted by Gasteiger charge is 2.32. The second-order valence-electron chi connectivity index (χ2n) is 5.11. The molecule has 3 rings (SSSR count). The molecule has 2 atom stereocenters. The van der Waals surface area contributed by atoms with E-state index in [0.29, 0.717) is 0 Å². The highest BCUT2D eigenvalue weighted by molar-refractivity contribution is 5.80. The standard InChI is InChI=1S/C13H18N6O/c1-11(19-10-14-9-16-19)13(20)18-7-2-4-12(18)8-17-6-3-5-15-17/h3,5-6,9-12H,2,4,7-8H2,1H3/t11-,12-/m0/s1. The van der Waals surface area contributed by atoms with Crippen molar-refractivity contribution in [2.45, 2.75) is 38.4 Å². The number of hydrogen-bond acceptors (Lipinski definition) is 4. The van der Waals surface area contributed by atoms with E-state index in [4.69, 9.17) is 0 Å². The first kappa shape index (κ1) is 12.8. The van der Waals surface area contributed by atoms with Gasteiger partial charge in [-0.15, -0.1) is 0 Å². The first-order valence-electron chi connectivity index (χ1n) is 6.87. The van der Waals surface area contributed by atoms with Crippen molar-refractivity contribution < 1.29 is 4.79 Å². The molecule has 0 aromatic carbocycles. The topological polar surface area (TPSA) is 68.8 Å². The van der Waals surface area contributed by atoms with E-state index in [0.717, 1.165) is 25.9 Å². The van der Waals surface area contributed by atoms with Crippen LogP contribution >= 0.6 is 0 Å². The zero-order chi connectivity index (χ0) is 13.9. The van der Waals surface area contributed by atoms with Crippen molar-refractivity contribution in [3.05, 3.63) is 31.1 Å². The van der Waals surface area contributed by atoms with Crippen molar-refractivity contribution in [2.75, 3.05) is 6.54 Å². The van der Waals surface area contributed by atoms with E-state index in [2.05, 4.69) is 15.2 Å². The fourth-order valence-electron chi connectivity index (χ4n) is 2.71. The maximum Gasteiger partial charge on any atom is 0.247 e. The normalized spacial score (nSPS) is 20.2. The van der Waals surface area contributed by atoms with Crippen molar-refractivity contribution in [1.82, 2.24) is 29.4 Å². The van der Waals surface area contributed by atoms with Gasteiger partial charge in [-0.3, -0.25) is 9.48 Å². The summed E-state index contributed by atoms with van der Waals surface area (Å²) in [5.41, 5.74) is 0. The Morgan fingerprint density at radius 1 is 1.45 bits per heavy atom. The Labute approximate surface area is 117 Å². The average molecular weight is 274 g/mol. The van der Waals surface area contributed by atoms with Gasteiger partial charge in [-0.25, -0.2) is 9.67 Å². The Morgan fingerprint density at radius 3 is 3.05 bits per heavy atom. The second-order valence-corrected chi connectivity index (χ2v) is 5.11. The van der Waals surface area contributed by atoms with Crippen LogP contribution in [0.2, 0.25) is 0 Å². The molecule has 0 radical (unpaired) electrons. The summed E-state index contributed by atoms with van der Waals surface area (Å²) in [6.45, 7) is 3.42. The molecule has 2 aromatic heterocycles. The van der Waals surface area contributed by atoms with Gasteiger partial charge in [0.1, 0.15) is 18.7 Å². The quantitative estimate of drug-likeness (QED) is 0.824. The maximum absolute atomic E-state index is 12.6. The molecular weight excluding hydrogens is 256 g/mol. The van der Waals surface area contributed by atoms with Gasteiger partial charge in [0.2, 0.25) is 5.91 Å². The highest BCUT2D eigenvalue weighted by Crippen LogP contribution is 2.22. The van der Waals surface area contributed by atoms with Crippen LogP contribution in [0.3, 0.4) is 0 Å². The summed E-state index contributed by atoms with van der Waals surface area (Å²) in [7, 11) is 0. The third-order valence-corrected chi connectivity index (χ3v) is 3.81. The van der Waals surface area contributed by atoms with E-state index in [1.54, 1.807) is 17.2 Å². The van der Waals surface area contributed by atoms with Crippen LogP contribution < -0.4 is 0 Å². The smallest absolute Gasteiger partial charge is 0.247 e. The van der Waals surface area contributed by atoms with Crippen LogP contribution in [0.5, 0.6) is 0 Å². The molecule has 3 heterocycles. The summed E-state index contributed by atoms with van der Waals surface area (Å²) in [4.78, 5) is 18.4. The monoisotopic (exact) mass is 274 g/mol. The van der Waals surface area contributed by atoms with Crippen molar-refractivity contribution in [3.63, 3.8) is 0 Å². The summed E-state index contributed by atoms with van der Waals surface area (Å²) < 4.78 is 3.49. The molecule has 7 nitrogen and oxygen atoms in total. The maximum atomic E-state index is 12.6.